The van der Waals surface area contributed by atoms with Gasteiger partial charge in [0.2, 0.25) is 11.7 Å². The van der Waals surface area contributed by atoms with Crippen LogP contribution in [0, 0.1) is 10.1 Å². The van der Waals surface area contributed by atoms with Crippen LogP contribution in [-0.4, -0.2) is 47.4 Å². The van der Waals surface area contributed by atoms with Gasteiger partial charge >= 0.3 is 5.69 Å². The first kappa shape index (κ1) is 28.5. The summed E-state index contributed by atoms with van der Waals surface area (Å²) in [6.45, 7) is 3.43. The number of methoxy groups -OCH3 is 1. The number of nitro benzene ring substituents is 1. The molecule has 10 heteroatoms. The van der Waals surface area contributed by atoms with Gasteiger partial charge in [-0.25, -0.2) is 0 Å². The number of nitrogens with one attached hydrogen (secondary N) is 1. The molecule has 200 valence electrons. The number of hydrogen-bond donors (Lipinski definition) is 1. The zero-order valence-corrected chi connectivity index (χ0v) is 22.2. The summed E-state index contributed by atoms with van der Waals surface area (Å²) in [6.07, 6.45) is 0.289. The number of benzene rings is 3. The van der Waals surface area contributed by atoms with E-state index in [0.29, 0.717) is 5.02 Å². The Labute approximate surface area is 226 Å². The minimum absolute atomic E-state index is 0.00833. The van der Waals surface area contributed by atoms with Gasteiger partial charge in [-0.2, -0.15) is 0 Å². The van der Waals surface area contributed by atoms with Gasteiger partial charge in [0, 0.05) is 36.2 Å². The Kier molecular flexibility index (Phi) is 10.1. The van der Waals surface area contributed by atoms with Crippen LogP contribution in [0.5, 0.6) is 11.5 Å². The van der Waals surface area contributed by atoms with Gasteiger partial charge in [0.25, 0.3) is 5.91 Å². The lowest BCUT2D eigenvalue weighted by atomic mass is 10.0. The lowest BCUT2D eigenvalue weighted by Crippen LogP contribution is -2.52. The molecule has 0 radical (unpaired) electrons. The number of nitrogens with zero attached hydrogens (tertiary/aromatic N) is 2. The van der Waals surface area contributed by atoms with Crippen molar-refractivity contribution in [2.75, 3.05) is 13.7 Å². The summed E-state index contributed by atoms with van der Waals surface area (Å²) < 4.78 is 10.8. The molecule has 0 saturated heterocycles. The Morgan fingerprint density at radius 1 is 1.03 bits per heavy atom. The van der Waals surface area contributed by atoms with Crippen molar-refractivity contribution >= 4 is 29.1 Å². The Bertz CT molecular complexity index is 1270. The predicted octanol–water partition coefficient (Wildman–Crippen LogP) is 4.80. The van der Waals surface area contributed by atoms with Crippen molar-refractivity contribution in [3.63, 3.8) is 0 Å². The smallest absolute Gasteiger partial charge is 0.311 e. The number of amides is 2. The summed E-state index contributed by atoms with van der Waals surface area (Å²) in [7, 11) is 1.31. The molecule has 1 atom stereocenters. The molecule has 0 fully saturated rings. The Balaban J connectivity index is 1.91. The van der Waals surface area contributed by atoms with E-state index in [4.69, 9.17) is 21.1 Å². The van der Waals surface area contributed by atoms with E-state index in [-0.39, 0.29) is 42.1 Å². The third kappa shape index (κ3) is 7.94. The van der Waals surface area contributed by atoms with Gasteiger partial charge in [-0.15, -0.1) is 0 Å². The van der Waals surface area contributed by atoms with Crippen LogP contribution in [0.2, 0.25) is 5.02 Å². The van der Waals surface area contributed by atoms with Crippen LogP contribution in [0.25, 0.3) is 0 Å². The Hall–Kier alpha value is -4.11. The fourth-order valence-corrected chi connectivity index (χ4v) is 4.11. The van der Waals surface area contributed by atoms with Crippen LogP contribution in [0.4, 0.5) is 5.69 Å². The Morgan fingerprint density at radius 2 is 1.74 bits per heavy atom. The highest BCUT2D eigenvalue weighted by Crippen LogP contribution is 2.31. The van der Waals surface area contributed by atoms with Gasteiger partial charge in [-0.05, 0) is 43.2 Å². The van der Waals surface area contributed by atoms with Crippen LogP contribution in [-0.2, 0) is 22.6 Å². The van der Waals surface area contributed by atoms with Crippen molar-refractivity contribution < 1.29 is 24.0 Å². The maximum Gasteiger partial charge on any atom is 0.311 e. The van der Waals surface area contributed by atoms with Crippen LogP contribution in [0.1, 0.15) is 25.0 Å². The average Bonchev–Trinajstić information content (AvgIpc) is 2.89. The first-order valence-electron chi connectivity index (χ1n) is 12.0. The summed E-state index contributed by atoms with van der Waals surface area (Å²) in [5.74, 6) is -0.512. The van der Waals surface area contributed by atoms with E-state index in [9.17, 15) is 19.7 Å². The maximum absolute atomic E-state index is 13.6. The zero-order chi connectivity index (χ0) is 27.7. The van der Waals surface area contributed by atoms with Crippen LogP contribution >= 0.6 is 11.6 Å². The Morgan fingerprint density at radius 3 is 2.37 bits per heavy atom. The molecule has 0 aromatic heterocycles. The lowest BCUT2D eigenvalue weighted by molar-refractivity contribution is -0.385. The number of carbonyl (C=O) groups is 2. The predicted molar refractivity (Wildman–Crippen MR) is 144 cm³/mol. The van der Waals surface area contributed by atoms with E-state index >= 15 is 0 Å². The average molecular weight is 540 g/mol. The molecule has 3 aromatic rings. The normalized spacial score (nSPS) is 11.5. The van der Waals surface area contributed by atoms with Gasteiger partial charge in [0.1, 0.15) is 11.8 Å². The number of halogens is 1. The zero-order valence-electron chi connectivity index (χ0n) is 21.4. The first-order chi connectivity index (χ1) is 18.2. The standard InChI is InChI=1S/C28H30ClN3O6/c1-19(2)30-28(34)25(15-20-8-5-4-6-9-20)31(17-21-10-7-11-22(29)14-21)27(33)18-38-23-12-13-24(32(35)36)26(16-23)37-3/h4-14,16,19,25H,15,17-18H2,1-3H3,(H,30,34)/t25-/m1/s1. The number of hydrogen-bond acceptors (Lipinski definition) is 6. The monoisotopic (exact) mass is 539 g/mol. The highest BCUT2D eigenvalue weighted by Gasteiger charge is 2.31. The molecule has 0 aliphatic rings. The topological polar surface area (TPSA) is 111 Å². The summed E-state index contributed by atoms with van der Waals surface area (Å²) >= 11 is 6.19. The van der Waals surface area contributed by atoms with Crippen molar-refractivity contribution in [2.45, 2.75) is 38.9 Å². The number of ether oxygens (including phenoxy) is 2. The van der Waals surface area contributed by atoms with Gasteiger partial charge < -0.3 is 19.7 Å². The second-order valence-corrected chi connectivity index (χ2v) is 9.34. The molecule has 0 aliphatic heterocycles. The van der Waals surface area contributed by atoms with Crippen LogP contribution in [0.15, 0.2) is 72.8 Å². The van der Waals surface area contributed by atoms with Crippen molar-refractivity contribution in [3.05, 3.63) is 99.1 Å². The van der Waals surface area contributed by atoms with E-state index in [0.717, 1.165) is 11.1 Å². The van der Waals surface area contributed by atoms with E-state index < -0.39 is 23.5 Å². The van der Waals surface area contributed by atoms with Gasteiger partial charge in [0.15, 0.2) is 6.61 Å². The largest absolute Gasteiger partial charge is 0.490 e. The minimum Gasteiger partial charge on any atom is -0.490 e. The van der Waals surface area contributed by atoms with Crippen molar-refractivity contribution in [1.82, 2.24) is 10.2 Å². The SMILES string of the molecule is COc1cc(OCC(=O)N(Cc2cccc(Cl)c2)[C@H](Cc2ccccc2)C(=O)NC(C)C)ccc1[N+](=O)[O-]. The highest BCUT2D eigenvalue weighted by atomic mass is 35.5. The van der Waals surface area contributed by atoms with Crippen LogP contribution < -0.4 is 14.8 Å². The first-order valence-corrected chi connectivity index (χ1v) is 12.4. The molecular weight excluding hydrogens is 510 g/mol. The number of nitro groups is 1. The lowest BCUT2D eigenvalue weighted by Gasteiger charge is -2.32. The van der Waals surface area contributed by atoms with Crippen molar-refractivity contribution in [1.29, 1.82) is 0 Å². The second-order valence-electron chi connectivity index (χ2n) is 8.90. The molecule has 0 saturated carbocycles. The fourth-order valence-electron chi connectivity index (χ4n) is 3.89. The second kappa shape index (κ2) is 13.4. The molecule has 1 N–H and O–H groups in total. The van der Waals surface area contributed by atoms with E-state index in [1.54, 1.807) is 18.2 Å². The summed E-state index contributed by atoms with van der Waals surface area (Å²) in [6, 6.07) is 19.5. The summed E-state index contributed by atoms with van der Waals surface area (Å²) in [5.41, 5.74) is 1.42. The molecule has 0 unspecified atom stereocenters. The molecule has 9 nitrogen and oxygen atoms in total. The molecular formula is C28H30ClN3O6. The summed E-state index contributed by atoms with van der Waals surface area (Å²) in [4.78, 5) is 39.1. The molecule has 0 spiro atoms. The third-order valence-corrected chi connectivity index (χ3v) is 5.89. The van der Waals surface area contributed by atoms with Crippen molar-refractivity contribution in [3.8, 4) is 11.5 Å². The fraction of sp³-hybridized carbons (Fsp3) is 0.286. The molecule has 0 aliphatic carbocycles. The van der Waals surface area contributed by atoms with Crippen molar-refractivity contribution in [2.24, 2.45) is 0 Å². The van der Waals surface area contributed by atoms with Gasteiger partial charge in [0.05, 0.1) is 12.0 Å². The quantitative estimate of drug-likeness (QED) is 0.261. The molecule has 0 heterocycles. The van der Waals surface area contributed by atoms with Gasteiger partial charge in [-0.1, -0.05) is 54.1 Å². The molecule has 2 amide bonds. The molecule has 3 aromatic carbocycles. The molecule has 0 bridgehead atoms. The number of carbonyl (C=O) groups excluding carboxylic acids is 2. The minimum atomic E-state index is -0.832. The van der Waals surface area contributed by atoms with E-state index in [2.05, 4.69) is 5.32 Å². The van der Waals surface area contributed by atoms with E-state index in [1.807, 2.05) is 50.2 Å². The third-order valence-electron chi connectivity index (χ3n) is 5.65. The maximum atomic E-state index is 13.6. The molecule has 3 rings (SSSR count). The number of rotatable bonds is 12. The molecule has 38 heavy (non-hydrogen) atoms. The highest BCUT2D eigenvalue weighted by molar-refractivity contribution is 6.30. The van der Waals surface area contributed by atoms with Gasteiger partial charge in [-0.3, -0.25) is 19.7 Å². The summed E-state index contributed by atoms with van der Waals surface area (Å²) in [5, 5.41) is 14.6. The van der Waals surface area contributed by atoms with E-state index in [1.165, 1.54) is 30.2 Å². The van der Waals surface area contributed by atoms with Crippen LogP contribution in [0.3, 0.4) is 0 Å².